The third-order valence-corrected chi connectivity index (χ3v) is 2.02. The van der Waals surface area contributed by atoms with E-state index in [1.807, 2.05) is 0 Å². The standard InChI is InChI=1S/C9H9N3O3/c10-9-11-3-5(12-9)4-1-2-6(13)8(15)7(4)14/h1-3,13-15H,(H3,10,11,12). The number of benzene rings is 1. The molecule has 2 aromatic rings. The highest BCUT2D eigenvalue weighted by Gasteiger charge is 2.13. The maximum absolute atomic E-state index is 9.54. The number of rotatable bonds is 1. The Labute approximate surface area is 84.6 Å². The van der Waals surface area contributed by atoms with E-state index < -0.39 is 11.5 Å². The Balaban J connectivity index is 2.59. The second-order valence-corrected chi connectivity index (χ2v) is 3.01. The lowest BCUT2D eigenvalue weighted by atomic mass is 10.1. The van der Waals surface area contributed by atoms with Gasteiger partial charge in [0.1, 0.15) is 0 Å². The van der Waals surface area contributed by atoms with Crippen molar-refractivity contribution in [3.63, 3.8) is 0 Å². The highest BCUT2D eigenvalue weighted by Crippen LogP contribution is 2.41. The van der Waals surface area contributed by atoms with Crippen LogP contribution in [0.5, 0.6) is 17.2 Å². The van der Waals surface area contributed by atoms with Crippen molar-refractivity contribution in [3.05, 3.63) is 18.3 Å². The minimum atomic E-state index is -0.569. The first-order valence-corrected chi connectivity index (χ1v) is 4.14. The Kier molecular flexibility index (Phi) is 1.89. The molecule has 15 heavy (non-hydrogen) atoms. The Bertz CT molecular complexity index is 507. The first-order chi connectivity index (χ1) is 7.09. The summed E-state index contributed by atoms with van der Waals surface area (Å²) in [5, 5.41) is 27.9. The van der Waals surface area contributed by atoms with Gasteiger partial charge < -0.3 is 26.0 Å². The Morgan fingerprint density at radius 2 is 1.87 bits per heavy atom. The van der Waals surface area contributed by atoms with E-state index in [1.165, 1.54) is 18.3 Å². The third kappa shape index (κ3) is 1.41. The molecule has 0 aliphatic rings. The van der Waals surface area contributed by atoms with Crippen LogP contribution in [0.25, 0.3) is 11.3 Å². The van der Waals surface area contributed by atoms with Gasteiger partial charge in [-0.2, -0.15) is 0 Å². The Morgan fingerprint density at radius 1 is 1.13 bits per heavy atom. The quantitative estimate of drug-likeness (QED) is 0.443. The SMILES string of the molecule is Nc1ncc(-c2ccc(O)c(O)c2O)[nH]1. The lowest BCUT2D eigenvalue weighted by molar-refractivity contribution is 0.369. The van der Waals surface area contributed by atoms with Gasteiger partial charge in [-0.05, 0) is 12.1 Å². The number of nitrogens with zero attached hydrogens (tertiary/aromatic N) is 1. The van der Waals surface area contributed by atoms with Crippen molar-refractivity contribution in [3.8, 4) is 28.5 Å². The fourth-order valence-electron chi connectivity index (χ4n) is 1.26. The number of hydrogen-bond acceptors (Lipinski definition) is 5. The molecule has 0 bridgehead atoms. The molecule has 1 heterocycles. The van der Waals surface area contributed by atoms with Crippen molar-refractivity contribution in [1.82, 2.24) is 9.97 Å². The van der Waals surface area contributed by atoms with Gasteiger partial charge in [-0.15, -0.1) is 0 Å². The van der Waals surface area contributed by atoms with Gasteiger partial charge in [0.25, 0.3) is 0 Å². The van der Waals surface area contributed by atoms with Crippen LogP contribution in [-0.4, -0.2) is 25.3 Å². The number of phenols is 3. The minimum Gasteiger partial charge on any atom is -0.504 e. The molecule has 0 unspecified atom stereocenters. The van der Waals surface area contributed by atoms with E-state index in [2.05, 4.69) is 9.97 Å². The number of H-pyrrole nitrogens is 1. The van der Waals surface area contributed by atoms with Crippen molar-refractivity contribution in [1.29, 1.82) is 0 Å². The summed E-state index contributed by atoms with van der Waals surface area (Å²) in [6.45, 7) is 0. The second kappa shape index (κ2) is 3.09. The van der Waals surface area contributed by atoms with Crippen molar-refractivity contribution >= 4 is 5.95 Å². The molecule has 6 heteroatoms. The zero-order valence-corrected chi connectivity index (χ0v) is 7.60. The second-order valence-electron chi connectivity index (χ2n) is 3.01. The van der Waals surface area contributed by atoms with Crippen molar-refractivity contribution < 1.29 is 15.3 Å². The largest absolute Gasteiger partial charge is 0.504 e. The molecule has 0 aliphatic carbocycles. The van der Waals surface area contributed by atoms with Crippen LogP contribution in [0, 0.1) is 0 Å². The number of phenolic OH excluding ortho intramolecular Hbond substituents is 3. The van der Waals surface area contributed by atoms with E-state index in [-0.39, 0.29) is 11.7 Å². The van der Waals surface area contributed by atoms with Crippen molar-refractivity contribution in [2.45, 2.75) is 0 Å². The number of nitrogens with one attached hydrogen (secondary N) is 1. The van der Waals surface area contributed by atoms with Crippen LogP contribution in [-0.2, 0) is 0 Å². The summed E-state index contributed by atoms with van der Waals surface area (Å²) in [4.78, 5) is 6.45. The first kappa shape index (κ1) is 9.20. The molecule has 6 nitrogen and oxygen atoms in total. The fourth-order valence-corrected chi connectivity index (χ4v) is 1.26. The van der Waals surface area contributed by atoms with E-state index in [0.717, 1.165) is 0 Å². The zero-order valence-electron chi connectivity index (χ0n) is 7.60. The summed E-state index contributed by atoms with van der Waals surface area (Å²) in [5.74, 6) is -1.17. The number of aromatic amines is 1. The number of imidazole rings is 1. The predicted molar refractivity (Wildman–Crippen MR) is 53.4 cm³/mol. The molecule has 78 valence electrons. The number of anilines is 1. The van der Waals surface area contributed by atoms with Gasteiger partial charge in [-0.1, -0.05) is 0 Å². The van der Waals surface area contributed by atoms with Crippen LogP contribution in [0.3, 0.4) is 0 Å². The third-order valence-electron chi connectivity index (χ3n) is 2.02. The van der Waals surface area contributed by atoms with Gasteiger partial charge in [0.05, 0.1) is 11.9 Å². The average Bonchev–Trinajstić information content (AvgIpc) is 2.61. The van der Waals surface area contributed by atoms with E-state index in [4.69, 9.17) is 10.8 Å². The minimum absolute atomic E-state index is 0.206. The summed E-state index contributed by atoms with van der Waals surface area (Å²) in [6, 6.07) is 2.71. The van der Waals surface area contributed by atoms with Gasteiger partial charge in [-0.25, -0.2) is 4.98 Å². The van der Waals surface area contributed by atoms with E-state index in [9.17, 15) is 10.2 Å². The molecule has 1 aromatic carbocycles. The topological polar surface area (TPSA) is 115 Å². The maximum Gasteiger partial charge on any atom is 0.200 e. The number of aromatic hydroxyl groups is 3. The van der Waals surface area contributed by atoms with Gasteiger partial charge in [0.15, 0.2) is 17.4 Å². The first-order valence-electron chi connectivity index (χ1n) is 4.14. The van der Waals surface area contributed by atoms with Crippen LogP contribution in [0.1, 0.15) is 0 Å². The van der Waals surface area contributed by atoms with Gasteiger partial charge in [0, 0.05) is 5.56 Å². The monoisotopic (exact) mass is 207 g/mol. The summed E-state index contributed by atoms with van der Waals surface area (Å²) >= 11 is 0. The molecular formula is C9H9N3O3. The number of aromatic nitrogens is 2. The number of hydrogen-bond donors (Lipinski definition) is 5. The van der Waals surface area contributed by atoms with E-state index in [0.29, 0.717) is 11.3 Å². The summed E-state index contributed by atoms with van der Waals surface area (Å²) < 4.78 is 0. The predicted octanol–water partition coefficient (Wildman–Crippen LogP) is 0.776. The van der Waals surface area contributed by atoms with Crippen LogP contribution < -0.4 is 5.73 Å². The van der Waals surface area contributed by atoms with Crippen LogP contribution in [0.15, 0.2) is 18.3 Å². The molecule has 0 amide bonds. The molecule has 0 atom stereocenters. The average molecular weight is 207 g/mol. The molecule has 1 aromatic heterocycles. The normalized spacial score (nSPS) is 10.4. The van der Waals surface area contributed by atoms with Gasteiger partial charge in [-0.3, -0.25) is 0 Å². The highest BCUT2D eigenvalue weighted by molar-refractivity contribution is 5.73. The van der Waals surface area contributed by atoms with Crippen LogP contribution >= 0.6 is 0 Å². The highest BCUT2D eigenvalue weighted by atomic mass is 16.3. The van der Waals surface area contributed by atoms with Gasteiger partial charge in [0.2, 0.25) is 5.75 Å². The maximum atomic E-state index is 9.54. The summed E-state index contributed by atoms with van der Waals surface area (Å²) in [7, 11) is 0. The number of nitrogens with two attached hydrogens (primary N) is 1. The Morgan fingerprint density at radius 3 is 2.47 bits per heavy atom. The molecular weight excluding hydrogens is 198 g/mol. The zero-order chi connectivity index (χ0) is 11.0. The molecule has 6 N–H and O–H groups in total. The smallest absolute Gasteiger partial charge is 0.200 e. The molecule has 0 saturated carbocycles. The lowest BCUT2D eigenvalue weighted by Gasteiger charge is -2.05. The number of nitrogen functional groups attached to an aromatic ring is 1. The summed E-state index contributed by atoms with van der Waals surface area (Å²) in [5.41, 5.74) is 6.15. The molecule has 0 saturated heterocycles. The van der Waals surface area contributed by atoms with Crippen molar-refractivity contribution in [2.24, 2.45) is 0 Å². The fraction of sp³-hybridized carbons (Fsp3) is 0. The molecule has 0 fully saturated rings. The van der Waals surface area contributed by atoms with Crippen LogP contribution in [0.4, 0.5) is 5.95 Å². The Hall–Kier alpha value is -2.37. The molecule has 0 aliphatic heterocycles. The van der Waals surface area contributed by atoms with E-state index >= 15 is 0 Å². The molecule has 0 spiro atoms. The molecule has 2 rings (SSSR count). The lowest BCUT2D eigenvalue weighted by Crippen LogP contribution is -1.86. The van der Waals surface area contributed by atoms with Crippen LogP contribution in [0.2, 0.25) is 0 Å². The summed E-state index contributed by atoms with van der Waals surface area (Å²) in [6.07, 6.45) is 1.42. The molecule has 0 radical (unpaired) electrons. The van der Waals surface area contributed by atoms with Gasteiger partial charge >= 0.3 is 0 Å². The van der Waals surface area contributed by atoms with E-state index in [1.54, 1.807) is 0 Å². The van der Waals surface area contributed by atoms with Crippen molar-refractivity contribution in [2.75, 3.05) is 5.73 Å².